The fourth-order valence-corrected chi connectivity index (χ4v) is 8.09. The number of benzene rings is 2. The Labute approximate surface area is 210 Å². The Kier molecular flexibility index (Phi) is 5.75. The van der Waals surface area contributed by atoms with Crippen LogP contribution in [0.25, 0.3) is 0 Å². The van der Waals surface area contributed by atoms with E-state index in [1.807, 2.05) is 30.3 Å². The highest BCUT2D eigenvalue weighted by molar-refractivity contribution is 7.15. The lowest BCUT2D eigenvalue weighted by Crippen LogP contribution is -2.48. The molecule has 4 bridgehead atoms. The third-order valence-corrected chi connectivity index (χ3v) is 9.39. The van der Waals surface area contributed by atoms with Gasteiger partial charge in [0.2, 0.25) is 5.13 Å². The van der Waals surface area contributed by atoms with Crippen LogP contribution in [-0.4, -0.2) is 30.3 Å². The van der Waals surface area contributed by atoms with Crippen molar-refractivity contribution < 1.29 is 14.3 Å². The van der Waals surface area contributed by atoms with Gasteiger partial charge in [-0.25, -0.2) is 0 Å². The fourth-order valence-electron chi connectivity index (χ4n) is 7.03. The molecule has 4 aliphatic rings. The third-order valence-electron chi connectivity index (χ3n) is 8.20. The topological polar surface area (TPSA) is 64.5 Å². The lowest BCUT2D eigenvalue weighted by atomic mass is 9.50. The van der Waals surface area contributed by atoms with Crippen molar-refractivity contribution in [3.63, 3.8) is 0 Å². The molecule has 0 aliphatic heterocycles. The number of methoxy groups -OCH3 is 2. The van der Waals surface area contributed by atoms with E-state index in [4.69, 9.17) is 14.6 Å². The number of anilines is 1. The van der Waals surface area contributed by atoms with Crippen molar-refractivity contribution in [3.05, 3.63) is 64.7 Å². The molecule has 182 valence electrons. The lowest BCUT2D eigenvalue weighted by molar-refractivity contribution is -0.00555. The third kappa shape index (κ3) is 4.10. The summed E-state index contributed by atoms with van der Waals surface area (Å²) in [5.74, 6) is 3.51. The van der Waals surface area contributed by atoms with Crippen LogP contribution in [0.4, 0.5) is 5.13 Å². The van der Waals surface area contributed by atoms with Crippen molar-refractivity contribution >= 4 is 22.4 Å². The number of carbonyl (C=O) groups excluding carboxylic acids is 1. The van der Waals surface area contributed by atoms with Gasteiger partial charge in [-0.1, -0.05) is 41.7 Å². The lowest BCUT2D eigenvalue weighted by Gasteiger charge is -2.55. The first-order chi connectivity index (χ1) is 17.1. The van der Waals surface area contributed by atoms with Gasteiger partial charge in [-0.3, -0.25) is 9.69 Å². The van der Waals surface area contributed by atoms with Crippen molar-refractivity contribution in [1.29, 1.82) is 0 Å². The van der Waals surface area contributed by atoms with E-state index < -0.39 is 0 Å². The summed E-state index contributed by atoms with van der Waals surface area (Å²) in [6.45, 7) is 0.434. The Hall–Kier alpha value is -2.93. The van der Waals surface area contributed by atoms with E-state index in [-0.39, 0.29) is 11.3 Å². The van der Waals surface area contributed by atoms with Crippen LogP contribution in [-0.2, 0) is 12.0 Å². The largest absolute Gasteiger partial charge is 0.493 e. The molecule has 1 heterocycles. The van der Waals surface area contributed by atoms with Gasteiger partial charge < -0.3 is 9.47 Å². The highest BCUT2D eigenvalue weighted by atomic mass is 32.1. The Balaban J connectivity index is 1.35. The molecule has 0 unspecified atom stereocenters. The zero-order valence-electron chi connectivity index (χ0n) is 20.3. The molecule has 35 heavy (non-hydrogen) atoms. The second-order valence-electron chi connectivity index (χ2n) is 10.5. The van der Waals surface area contributed by atoms with Gasteiger partial charge in [-0.05, 0) is 80.0 Å². The Morgan fingerprint density at radius 3 is 2.23 bits per heavy atom. The molecule has 0 atom stereocenters. The molecule has 3 aromatic rings. The Bertz CT molecular complexity index is 1190. The maximum Gasteiger partial charge on any atom is 0.260 e. The van der Waals surface area contributed by atoms with Crippen LogP contribution in [0, 0.1) is 17.8 Å². The van der Waals surface area contributed by atoms with E-state index in [1.165, 1.54) is 38.5 Å². The van der Waals surface area contributed by atoms with Gasteiger partial charge >= 0.3 is 0 Å². The molecule has 4 fully saturated rings. The maximum absolute atomic E-state index is 13.8. The van der Waals surface area contributed by atoms with Crippen LogP contribution in [0.15, 0.2) is 48.5 Å². The van der Waals surface area contributed by atoms with E-state index in [9.17, 15) is 4.79 Å². The summed E-state index contributed by atoms with van der Waals surface area (Å²) in [7, 11) is 3.17. The number of nitrogens with zero attached hydrogens (tertiary/aromatic N) is 3. The highest BCUT2D eigenvalue weighted by Gasteiger charge is 2.53. The first-order valence-corrected chi connectivity index (χ1v) is 13.3. The smallest absolute Gasteiger partial charge is 0.260 e. The SMILES string of the molecule is COc1ccc(C(=O)N(Cc2ccccc2)c2nnc(C34CC5CC(CC(C5)C3)C4)s2)cc1OC. The number of aromatic nitrogens is 2. The van der Waals surface area contributed by atoms with Gasteiger partial charge in [-0.15, -0.1) is 10.2 Å². The van der Waals surface area contributed by atoms with Gasteiger partial charge in [0, 0.05) is 11.0 Å². The van der Waals surface area contributed by atoms with Gasteiger partial charge in [0.15, 0.2) is 11.5 Å². The summed E-state index contributed by atoms with van der Waals surface area (Å²) in [6, 6.07) is 15.3. The van der Waals surface area contributed by atoms with E-state index in [1.54, 1.807) is 48.7 Å². The fraction of sp³-hybridized carbons (Fsp3) is 0.464. The van der Waals surface area contributed by atoms with Gasteiger partial charge in [0.05, 0.1) is 20.8 Å². The summed E-state index contributed by atoms with van der Waals surface area (Å²) >= 11 is 1.62. The minimum Gasteiger partial charge on any atom is -0.493 e. The van der Waals surface area contributed by atoms with Gasteiger partial charge in [0.25, 0.3) is 5.91 Å². The number of ether oxygens (including phenoxy) is 2. The Morgan fingerprint density at radius 1 is 0.943 bits per heavy atom. The normalized spacial score (nSPS) is 26.5. The molecule has 6 nitrogen and oxygen atoms in total. The van der Waals surface area contributed by atoms with Crippen LogP contribution >= 0.6 is 11.3 Å². The van der Waals surface area contributed by atoms with Crippen molar-refractivity contribution in [2.75, 3.05) is 19.1 Å². The standard InChI is InChI=1S/C28H31N3O3S/c1-33-23-9-8-22(13-24(23)34-2)25(32)31(17-18-6-4-3-5-7-18)27-30-29-26(35-27)28-14-19-10-20(15-28)12-21(11-19)16-28/h3-9,13,19-21H,10-12,14-17H2,1-2H3. The molecule has 2 aromatic carbocycles. The van der Waals surface area contributed by atoms with Crippen LogP contribution < -0.4 is 14.4 Å². The summed E-state index contributed by atoms with van der Waals surface area (Å²) in [5, 5.41) is 11.1. The summed E-state index contributed by atoms with van der Waals surface area (Å²) in [5.41, 5.74) is 1.74. The summed E-state index contributed by atoms with van der Waals surface area (Å²) in [4.78, 5) is 15.6. The molecule has 0 spiro atoms. The van der Waals surface area contributed by atoms with Gasteiger partial charge in [-0.2, -0.15) is 0 Å². The zero-order valence-corrected chi connectivity index (χ0v) is 21.1. The van der Waals surface area contributed by atoms with E-state index >= 15 is 0 Å². The quantitative estimate of drug-likeness (QED) is 0.415. The predicted octanol–water partition coefficient (Wildman–Crippen LogP) is 5.87. The molecular formula is C28H31N3O3S. The minimum atomic E-state index is -0.122. The molecular weight excluding hydrogens is 458 g/mol. The van der Waals surface area contributed by atoms with E-state index in [2.05, 4.69) is 5.10 Å². The second kappa shape index (κ2) is 8.94. The van der Waals surface area contributed by atoms with Crippen molar-refractivity contribution in [1.82, 2.24) is 10.2 Å². The van der Waals surface area contributed by atoms with Crippen molar-refractivity contribution in [3.8, 4) is 11.5 Å². The average Bonchev–Trinajstić information content (AvgIpc) is 3.37. The predicted molar refractivity (Wildman–Crippen MR) is 136 cm³/mol. The average molecular weight is 490 g/mol. The molecule has 7 rings (SSSR count). The molecule has 7 heteroatoms. The summed E-state index contributed by atoms with van der Waals surface area (Å²) < 4.78 is 10.8. The molecule has 4 aliphatic carbocycles. The van der Waals surface area contributed by atoms with Crippen LogP contribution in [0.5, 0.6) is 11.5 Å². The first kappa shape index (κ1) is 22.5. The number of hydrogen-bond donors (Lipinski definition) is 0. The molecule has 0 radical (unpaired) electrons. The first-order valence-electron chi connectivity index (χ1n) is 12.5. The molecule has 4 saturated carbocycles. The second-order valence-corrected chi connectivity index (χ2v) is 11.5. The summed E-state index contributed by atoms with van der Waals surface area (Å²) in [6.07, 6.45) is 7.87. The number of hydrogen-bond acceptors (Lipinski definition) is 6. The van der Waals surface area contributed by atoms with Crippen LogP contribution in [0.1, 0.15) is 59.5 Å². The minimum absolute atomic E-state index is 0.122. The van der Waals surface area contributed by atoms with Crippen molar-refractivity contribution in [2.45, 2.75) is 50.5 Å². The van der Waals surface area contributed by atoms with Gasteiger partial charge in [0.1, 0.15) is 5.01 Å². The number of carbonyl (C=O) groups is 1. The van der Waals surface area contributed by atoms with E-state index in [0.29, 0.717) is 28.7 Å². The Morgan fingerprint density at radius 2 is 1.60 bits per heavy atom. The molecule has 1 aromatic heterocycles. The highest BCUT2D eigenvalue weighted by Crippen LogP contribution is 2.61. The van der Waals surface area contributed by atoms with Crippen LogP contribution in [0.3, 0.4) is 0 Å². The van der Waals surface area contributed by atoms with E-state index in [0.717, 1.165) is 28.3 Å². The maximum atomic E-state index is 13.8. The van der Waals surface area contributed by atoms with Crippen LogP contribution in [0.2, 0.25) is 0 Å². The molecule has 0 N–H and O–H groups in total. The molecule has 1 amide bonds. The monoisotopic (exact) mass is 489 g/mol. The zero-order chi connectivity index (χ0) is 24.0. The van der Waals surface area contributed by atoms with Crippen molar-refractivity contribution in [2.24, 2.45) is 17.8 Å². The number of amides is 1. The molecule has 0 saturated heterocycles. The number of rotatable bonds is 7.